The Hall–Kier alpha value is -1.87. The number of aliphatic hydroxyl groups excluding tert-OH is 1. The quantitative estimate of drug-likeness (QED) is 0.892. The molecule has 18 heavy (non-hydrogen) atoms. The van der Waals surface area contributed by atoms with E-state index in [-0.39, 0.29) is 5.82 Å². The highest BCUT2D eigenvalue weighted by Gasteiger charge is 2.14. The van der Waals surface area contributed by atoms with E-state index in [4.69, 9.17) is 0 Å². The van der Waals surface area contributed by atoms with Crippen LogP contribution in [-0.4, -0.2) is 12.2 Å². The molecule has 0 amide bonds. The molecule has 0 saturated heterocycles. The molecule has 0 bridgehead atoms. The van der Waals surface area contributed by atoms with Crippen molar-refractivity contribution >= 4 is 11.4 Å². The lowest BCUT2D eigenvalue weighted by molar-refractivity contribution is 0.200. The highest BCUT2D eigenvalue weighted by molar-refractivity contribution is 5.66. The molecule has 0 fully saturated rings. The summed E-state index contributed by atoms with van der Waals surface area (Å²) in [6.45, 7) is 1.70. The first-order chi connectivity index (χ1) is 8.61. The SMILES string of the molecule is C[C@@H](O)c1ccccc1N(C)c1ccccc1F. The number of rotatable bonds is 3. The van der Waals surface area contributed by atoms with E-state index in [1.807, 2.05) is 24.3 Å². The lowest BCUT2D eigenvalue weighted by atomic mass is 10.1. The van der Waals surface area contributed by atoms with Crippen LogP contribution < -0.4 is 4.90 Å². The van der Waals surface area contributed by atoms with Crippen molar-refractivity contribution in [2.75, 3.05) is 11.9 Å². The van der Waals surface area contributed by atoms with Crippen molar-refractivity contribution < 1.29 is 9.50 Å². The Morgan fingerprint density at radius 3 is 2.17 bits per heavy atom. The second-order valence-electron chi connectivity index (χ2n) is 4.25. The zero-order chi connectivity index (χ0) is 13.1. The Balaban J connectivity index is 2.46. The number of anilines is 2. The van der Waals surface area contributed by atoms with Crippen molar-refractivity contribution in [1.29, 1.82) is 0 Å². The summed E-state index contributed by atoms with van der Waals surface area (Å²) in [5.41, 5.74) is 2.08. The second kappa shape index (κ2) is 5.19. The Kier molecular flexibility index (Phi) is 3.63. The Morgan fingerprint density at radius 2 is 1.56 bits per heavy atom. The van der Waals surface area contributed by atoms with Gasteiger partial charge in [-0.05, 0) is 25.1 Å². The molecule has 2 nitrogen and oxygen atoms in total. The molecule has 0 aliphatic rings. The van der Waals surface area contributed by atoms with Crippen LogP contribution in [0, 0.1) is 5.82 Å². The van der Waals surface area contributed by atoms with E-state index in [0.717, 1.165) is 11.3 Å². The molecule has 0 spiro atoms. The van der Waals surface area contributed by atoms with Crippen LogP contribution >= 0.6 is 0 Å². The Morgan fingerprint density at radius 1 is 1.00 bits per heavy atom. The maximum absolute atomic E-state index is 13.8. The predicted octanol–water partition coefficient (Wildman–Crippen LogP) is 3.65. The molecule has 2 rings (SSSR count). The van der Waals surface area contributed by atoms with Crippen molar-refractivity contribution in [3.05, 3.63) is 59.9 Å². The molecule has 0 aliphatic heterocycles. The van der Waals surface area contributed by atoms with Gasteiger partial charge >= 0.3 is 0 Å². The van der Waals surface area contributed by atoms with Crippen molar-refractivity contribution in [3.8, 4) is 0 Å². The van der Waals surface area contributed by atoms with E-state index in [2.05, 4.69) is 0 Å². The fourth-order valence-electron chi connectivity index (χ4n) is 2.00. The first-order valence-electron chi connectivity index (χ1n) is 5.86. The number of halogens is 1. The zero-order valence-corrected chi connectivity index (χ0v) is 10.5. The number of para-hydroxylation sites is 2. The summed E-state index contributed by atoms with van der Waals surface area (Å²) < 4.78 is 13.8. The second-order valence-corrected chi connectivity index (χ2v) is 4.25. The monoisotopic (exact) mass is 245 g/mol. The van der Waals surface area contributed by atoms with Gasteiger partial charge < -0.3 is 10.0 Å². The Labute approximate surface area is 106 Å². The molecular weight excluding hydrogens is 229 g/mol. The molecule has 1 N–H and O–H groups in total. The first-order valence-corrected chi connectivity index (χ1v) is 5.86. The van der Waals surface area contributed by atoms with E-state index in [1.54, 1.807) is 37.1 Å². The van der Waals surface area contributed by atoms with E-state index in [1.165, 1.54) is 6.07 Å². The van der Waals surface area contributed by atoms with Crippen LogP contribution in [0.4, 0.5) is 15.8 Å². The van der Waals surface area contributed by atoms with Gasteiger partial charge in [0, 0.05) is 18.3 Å². The third-order valence-corrected chi connectivity index (χ3v) is 2.96. The van der Waals surface area contributed by atoms with Gasteiger partial charge in [-0.2, -0.15) is 0 Å². The molecule has 0 aromatic heterocycles. The molecular formula is C15H16FNO. The number of benzene rings is 2. The summed E-state index contributed by atoms with van der Waals surface area (Å²) in [6.07, 6.45) is -0.588. The minimum absolute atomic E-state index is 0.277. The predicted molar refractivity (Wildman–Crippen MR) is 71.5 cm³/mol. The summed E-state index contributed by atoms with van der Waals surface area (Å²) in [7, 11) is 1.79. The van der Waals surface area contributed by atoms with Crippen molar-refractivity contribution in [3.63, 3.8) is 0 Å². The van der Waals surface area contributed by atoms with Crippen molar-refractivity contribution in [2.45, 2.75) is 13.0 Å². The number of nitrogens with zero attached hydrogens (tertiary/aromatic N) is 1. The molecule has 3 heteroatoms. The van der Waals surface area contributed by atoms with Gasteiger partial charge in [-0.3, -0.25) is 0 Å². The fraction of sp³-hybridized carbons (Fsp3) is 0.200. The molecule has 94 valence electrons. The van der Waals surface area contributed by atoms with Crippen LogP contribution in [0.2, 0.25) is 0 Å². The van der Waals surface area contributed by atoms with Gasteiger partial charge in [0.1, 0.15) is 5.82 Å². The molecule has 1 atom stereocenters. The van der Waals surface area contributed by atoms with Crippen molar-refractivity contribution in [1.82, 2.24) is 0 Å². The van der Waals surface area contributed by atoms with Gasteiger partial charge in [0.05, 0.1) is 11.8 Å². The maximum Gasteiger partial charge on any atom is 0.146 e. The third kappa shape index (κ3) is 2.36. The number of aliphatic hydroxyl groups is 1. The van der Waals surface area contributed by atoms with E-state index >= 15 is 0 Å². The summed E-state index contributed by atoms with van der Waals surface area (Å²) >= 11 is 0. The Bertz CT molecular complexity index is 540. The minimum Gasteiger partial charge on any atom is -0.389 e. The normalized spacial score (nSPS) is 12.2. The van der Waals surface area contributed by atoms with Gasteiger partial charge in [0.2, 0.25) is 0 Å². The number of hydrogen-bond acceptors (Lipinski definition) is 2. The van der Waals surface area contributed by atoms with Crippen LogP contribution in [0.5, 0.6) is 0 Å². The smallest absolute Gasteiger partial charge is 0.146 e. The van der Waals surface area contributed by atoms with Crippen LogP contribution in [0.1, 0.15) is 18.6 Å². The molecule has 2 aromatic rings. The minimum atomic E-state index is -0.588. The standard InChI is InChI=1S/C15H16FNO/c1-11(18)12-7-3-5-9-14(12)17(2)15-10-6-4-8-13(15)16/h3-11,18H,1-2H3/t11-/m1/s1. The highest BCUT2D eigenvalue weighted by atomic mass is 19.1. The summed E-state index contributed by atoms with van der Waals surface area (Å²) in [4.78, 5) is 1.75. The topological polar surface area (TPSA) is 23.5 Å². The maximum atomic E-state index is 13.8. The van der Waals surface area contributed by atoms with E-state index < -0.39 is 6.10 Å². The van der Waals surface area contributed by atoms with Gasteiger partial charge in [-0.15, -0.1) is 0 Å². The fourth-order valence-corrected chi connectivity index (χ4v) is 2.00. The highest BCUT2D eigenvalue weighted by Crippen LogP contribution is 2.31. The van der Waals surface area contributed by atoms with Crippen LogP contribution in [0.25, 0.3) is 0 Å². The molecule has 0 heterocycles. The molecule has 2 aromatic carbocycles. The molecule has 0 saturated carbocycles. The largest absolute Gasteiger partial charge is 0.389 e. The van der Waals surface area contributed by atoms with Gasteiger partial charge in [0.25, 0.3) is 0 Å². The third-order valence-electron chi connectivity index (χ3n) is 2.96. The lowest BCUT2D eigenvalue weighted by Crippen LogP contribution is -2.14. The van der Waals surface area contributed by atoms with Crippen LogP contribution in [0.15, 0.2) is 48.5 Å². The average Bonchev–Trinajstić information content (AvgIpc) is 2.38. The van der Waals surface area contributed by atoms with E-state index in [9.17, 15) is 9.50 Å². The molecule has 0 aliphatic carbocycles. The summed E-state index contributed by atoms with van der Waals surface area (Å²) in [5, 5.41) is 9.75. The first kappa shape index (κ1) is 12.6. The molecule has 0 radical (unpaired) electrons. The molecule has 0 unspecified atom stereocenters. The average molecular weight is 245 g/mol. The zero-order valence-electron chi connectivity index (χ0n) is 10.5. The van der Waals surface area contributed by atoms with Crippen LogP contribution in [0.3, 0.4) is 0 Å². The summed E-state index contributed by atoms with van der Waals surface area (Å²) in [5.74, 6) is -0.277. The van der Waals surface area contributed by atoms with Crippen LogP contribution in [-0.2, 0) is 0 Å². The van der Waals surface area contributed by atoms with Gasteiger partial charge in [0.15, 0.2) is 0 Å². The summed E-state index contributed by atoms with van der Waals surface area (Å²) in [6, 6.07) is 14.0. The van der Waals surface area contributed by atoms with Gasteiger partial charge in [-0.25, -0.2) is 4.39 Å². The van der Waals surface area contributed by atoms with Gasteiger partial charge in [-0.1, -0.05) is 30.3 Å². The van der Waals surface area contributed by atoms with E-state index in [0.29, 0.717) is 5.69 Å². The number of hydrogen-bond donors (Lipinski definition) is 1. The lowest BCUT2D eigenvalue weighted by Gasteiger charge is -2.24. The van der Waals surface area contributed by atoms with Crippen molar-refractivity contribution in [2.24, 2.45) is 0 Å².